The Bertz CT molecular complexity index is 1780. The predicted octanol–water partition coefficient (Wildman–Crippen LogP) is 1.77. The number of benzene rings is 1. The van der Waals surface area contributed by atoms with Crippen LogP contribution in [0.15, 0.2) is 59.9 Å². The Morgan fingerprint density at radius 2 is 2.00 bits per heavy atom. The molecule has 5 rings (SSSR count). The van der Waals surface area contributed by atoms with Crippen LogP contribution < -0.4 is 16.2 Å². The van der Waals surface area contributed by atoms with Crippen LogP contribution >= 0.6 is 0 Å². The number of anilines is 2. The first-order valence-electron chi connectivity index (χ1n) is 12.7. The first kappa shape index (κ1) is 27.2. The molecule has 0 aliphatic carbocycles. The molecule has 40 heavy (non-hydrogen) atoms. The highest BCUT2D eigenvalue weighted by atomic mass is 32.2. The van der Waals surface area contributed by atoms with Crippen LogP contribution in [-0.2, 0) is 16.6 Å². The van der Waals surface area contributed by atoms with Gasteiger partial charge >= 0.3 is 0 Å². The van der Waals surface area contributed by atoms with Gasteiger partial charge in [0.15, 0.2) is 0 Å². The van der Waals surface area contributed by atoms with Crippen LogP contribution in [0, 0.1) is 11.3 Å². The van der Waals surface area contributed by atoms with Gasteiger partial charge in [0.25, 0.3) is 5.56 Å². The minimum Gasteiger partial charge on any atom is -0.324 e. The molecule has 0 atom stereocenters. The zero-order valence-corrected chi connectivity index (χ0v) is 23.0. The summed E-state index contributed by atoms with van der Waals surface area (Å²) in [6, 6.07) is 11.3. The summed E-state index contributed by atoms with van der Waals surface area (Å²) in [5.41, 5.74) is 3.07. The van der Waals surface area contributed by atoms with Crippen molar-refractivity contribution in [1.82, 2.24) is 33.7 Å². The molecule has 0 unspecified atom stereocenters. The largest absolute Gasteiger partial charge is 0.324 e. The van der Waals surface area contributed by atoms with E-state index in [-0.39, 0.29) is 35.2 Å². The Labute approximate surface area is 231 Å². The van der Waals surface area contributed by atoms with Gasteiger partial charge in [-0.15, -0.1) is 0 Å². The van der Waals surface area contributed by atoms with E-state index < -0.39 is 15.6 Å². The van der Waals surface area contributed by atoms with Gasteiger partial charge in [0, 0.05) is 30.4 Å². The fourth-order valence-electron chi connectivity index (χ4n) is 4.46. The zero-order valence-electron chi connectivity index (χ0n) is 22.2. The number of nitriles is 1. The standard InChI is InChI=1S/C27H29N9O3S/c1-34(2)11-12-40(38,39)36-18-30-16-24(36)17-35-25-22(13-21(14-28)26(35)37)15-31-27(33-25)32-23-5-3-19(4-6-23)20-7-9-29-10-8-20/h3-7,13,15-16,18,29H,8-12,17H2,1-2H3,(H,31,32,33). The number of pyridine rings is 1. The molecule has 0 radical (unpaired) electrons. The molecule has 1 aliphatic heterocycles. The van der Waals surface area contributed by atoms with Gasteiger partial charge in [-0.25, -0.2) is 22.4 Å². The SMILES string of the molecule is CN(C)CCS(=O)(=O)n1cncc1Cn1c(=O)c(C#N)cc2cnc(Nc3ccc(C4=CCNCC4)cc3)nc21. The van der Waals surface area contributed by atoms with Crippen LogP contribution in [0.25, 0.3) is 16.6 Å². The number of aromatic nitrogens is 5. The van der Waals surface area contributed by atoms with E-state index in [1.165, 1.54) is 34.9 Å². The van der Waals surface area contributed by atoms with Crippen molar-refractivity contribution in [2.45, 2.75) is 13.0 Å². The molecule has 0 fully saturated rings. The second-order valence-electron chi connectivity index (χ2n) is 9.72. The fraction of sp³-hybridized carbons (Fsp3) is 0.296. The lowest BCUT2D eigenvalue weighted by atomic mass is 10.0. The van der Waals surface area contributed by atoms with E-state index in [0.717, 1.165) is 34.7 Å². The average Bonchev–Trinajstić information content (AvgIpc) is 3.44. The third-order valence-electron chi connectivity index (χ3n) is 6.62. The van der Waals surface area contributed by atoms with Crippen molar-refractivity contribution in [2.24, 2.45) is 0 Å². The molecule has 0 saturated carbocycles. The average molecular weight is 560 g/mol. The maximum atomic E-state index is 13.2. The quantitative estimate of drug-likeness (QED) is 0.310. The summed E-state index contributed by atoms with van der Waals surface area (Å²) in [7, 11) is -0.152. The number of nitrogens with one attached hydrogen (secondary N) is 2. The molecule has 13 heteroatoms. The van der Waals surface area contributed by atoms with Crippen molar-refractivity contribution < 1.29 is 8.42 Å². The smallest absolute Gasteiger partial charge is 0.270 e. The van der Waals surface area contributed by atoms with E-state index in [0.29, 0.717) is 11.9 Å². The van der Waals surface area contributed by atoms with Gasteiger partial charge in [-0.05, 0) is 56.4 Å². The monoisotopic (exact) mass is 559 g/mol. The summed E-state index contributed by atoms with van der Waals surface area (Å²) in [5, 5.41) is 16.5. The number of rotatable bonds is 9. The van der Waals surface area contributed by atoms with Crippen molar-refractivity contribution in [1.29, 1.82) is 5.26 Å². The van der Waals surface area contributed by atoms with Crippen LogP contribution in [-0.4, -0.2) is 76.3 Å². The summed E-state index contributed by atoms with van der Waals surface area (Å²) in [4.78, 5) is 28.0. The maximum absolute atomic E-state index is 13.2. The Hall–Kier alpha value is -4.38. The van der Waals surface area contributed by atoms with E-state index in [2.05, 4.69) is 31.7 Å². The highest BCUT2D eigenvalue weighted by Crippen LogP contribution is 2.23. The Balaban J connectivity index is 1.48. The second kappa shape index (κ2) is 11.4. The lowest BCUT2D eigenvalue weighted by Gasteiger charge is -2.15. The van der Waals surface area contributed by atoms with Gasteiger partial charge in [0.05, 0.1) is 24.2 Å². The Kier molecular flexibility index (Phi) is 7.74. The van der Waals surface area contributed by atoms with Gasteiger partial charge in [-0.2, -0.15) is 10.2 Å². The highest BCUT2D eigenvalue weighted by molar-refractivity contribution is 7.89. The summed E-state index contributed by atoms with van der Waals surface area (Å²) >= 11 is 0. The molecule has 0 saturated heterocycles. The summed E-state index contributed by atoms with van der Waals surface area (Å²) in [6.07, 6.45) is 7.30. The van der Waals surface area contributed by atoms with E-state index >= 15 is 0 Å². The molecular formula is C27H29N9O3S. The van der Waals surface area contributed by atoms with Gasteiger partial charge < -0.3 is 15.5 Å². The second-order valence-corrected chi connectivity index (χ2v) is 11.7. The van der Waals surface area contributed by atoms with E-state index in [9.17, 15) is 18.5 Å². The van der Waals surface area contributed by atoms with Crippen molar-refractivity contribution in [3.05, 3.63) is 82.3 Å². The van der Waals surface area contributed by atoms with Crippen LogP contribution in [0.3, 0.4) is 0 Å². The summed E-state index contributed by atoms with van der Waals surface area (Å²) in [5.74, 6) is 0.131. The molecule has 206 valence electrons. The van der Waals surface area contributed by atoms with Gasteiger partial charge in [0.2, 0.25) is 16.0 Å². The number of nitrogens with zero attached hydrogens (tertiary/aromatic N) is 7. The van der Waals surface area contributed by atoms with E-state index in [1.54, 1.807) is 19.0 Å². The van der Waals surface area contributed by atoms with Crippen molar-refractivity contribution in [3.8, 4) is 6.07 Å². The zero-order chi connectivity index (χ0) is 28.3. The normalized spacial score (nSPS) is 13.8. The minimum absolute atomic E-state index is 0.0962. The van der Waals surface area contributed by atoms with Crippen molar-refractivity contribution in [3.63, 3.8) is 0 Å². The van der Waals surface area contributed by atoms with E-state index in [4.69, 9.17) is 0 Å². The molecule has 0 amide bonds. The third-order valence-corrected chi connectivity index (χ3v) is 8.24. The lowest BCUT2D eigenvalue weighted by Crippen LogP contribution is -2.29. The molecule has 1 aliphatic rings. The summed E-state index contributed by atoms with van der Waals surface area (Å²) < 4.78 is 28.3. The maximum Gasteiger partial charge on any atom is 0.270 e. The van der Waals surface area contributed by atoms with E-state index in [1.807, 2.05) is 30.3 Å². The van der Waals surface area contributed by atoms with Crippen LogP contribution in [0.2, 0.25) is 0 Å². The number of imidazole rings is 1. The number of hydrogen-bond acceptors (Lipinski definition) is 10. The Morgan fingerprint density at radius 1 is 1.20 bits per heavy atom. The lowest BCUT2D eigenvalue weighted by molar-refractivity contribution is 0.431. The fourth-order valence-corrected chi connectivity index (χ4v) is 5.91. The topological polar surface area (TPSA) is 151 Å². The Morgan fingerprint density at radius 3 is 2.70 bits per heavy atom. The molecule has 4 heterocycles. The number of hydrogen-bond donors (Lipinski definition) is 2. The molecule has 2 N–H and O–H groups in total. The molecular weight excluding hydrogens is 530 g/mol. The molecule has 4 aromatic rings. The third kappa shape index (κ3) is 5.79. The molecule has 0 spiro atoms. The predicted molar refractivity (Wildman–Crippen MR) is 153 cm³/mol. The minimum atomic E-state index is -3.73. The first-order chi connectivity index (χ1) is 19.2. The van der Waals surface area contributed by atoms with Crippen molar-refractivity contribution >= 4 is 38.3 Å². The van der Waals surface area contributed by atoms with Crippen LogP contribution in [0.4, 0.5) is 11.6 Å². The van der Waals surface area contributed by atoms with Crippen LogP contribution in [0.5, 0.6) is 0 Å². The molecule has 0 bridgehead atoms. The highest BCUT2D eigenvalue weighted by Gasteiger charge is 2.20. The molecule has 1 aromatic carbocycles. The molecule has 3 aromatic heterocycles. The number of fused-ring (bicyclic) bond motifs is 1. The first-order valence-corrected chi connectivity index (χ1v) is 14.3. The van der Waals surface area contributed by atoms with Crippen molar-refractivity contribution in [2.75, 3.05) is 44.8 Å². The van der Waals surface area contributed by atoms with Gasteiger partial charge in [-0.3, -0.25) is 9.36 Å². The molecule has 12 nitrogen and oxygen atoms in total. The van der Waals surface area contributed by atoms with Crippen LogP contribution in [0.1, 0.15) is 23.2 Å². The van der Waals surface area contributed by atoms with Gasteiger partial charge in [-0.1, -0.05) is 18.2 Å². The summed E-state index contributed by atoms with van der Waals surface area (Å²) in [6.45, 7) is 1.99. The van der Waals surface area contributed by atoms with Gasteiger partial charge in [0.1, 0.15) is 23.6 Å².